The second kappa shape index (κ2) is 4.36. The normalized spacial score (nSPS) is 11.0. The van der Waals surface area contributed by atoms with Crippen LogP contribution in [0.4, 0.5) is 0 Å². The fourth-order valence-electron chi connectivity index (χ4n) is 1.69. The van der Waals surface area contributed by atoms with Gasteiger partial charge in [0.05, 0.1) is 5.02 Å². The van der Waals surface area contributed by atoms with E-state index in [-0.39, 0.29) is 5.56 Å². The van der Waals surface area contributed by atoms with E-state index in [4.69, 9.17) is 11.6 Å². The van der Waals surface area contributed by atoms with Crippen molar-refractivity contribution < 1.29 is 0 Å². The highest BCUT2D eigenvalue weighted by atomic mass is 127. The average molecular weight is 373 g/mol. The molecule has 0 saturated heterocycles. The van der Waals surface area contributed by atoms with Crippen LogP contribution in [0.3, 0.4) is 0 Å². The van der Waals surface area contributed by atoms with Crippen LogP contribution in [0.2, 0.25) is 5.02 Å². The molecule has 3 aromatic rings. The van der Waals surface area contributed by atoms with Gasteiger partial charge in [-0.05, 0) is 18.2 Å². The molecular weight excluding hydrogens is 367 g/mol. The summed E-state index contributed by atoms with van der Waals surface area (Å²) in [6.45, 7) is 0. The van der Waals surface area contributed by atoms with E-state index < -0.39 is 0 Å². The minimum Gasteiger partial charge on any atom is -0.266 e. The zero-order valence-corrected chi connectivity index (χ0v) is 11.8. The molecule has 0 aromatic carbocycles. The fraction of sp³-hybridized carbons (Fsp3) is 0. The van der Waals surface area contributed by atoms with Crippen LogP contribution in [0.25, 0.3) is 11.3 Å². The van der Waals surface area contributed by atoms with Crippen LogP contribution >= 0.6 is 34.2 Å². The summed E-state index contributed by atoms with van der Waals surface area (Å²) in [5, 5.41) is 4.66. The lowest BCUT2D eigenvalue weighted by Crippen LogP contribution is -2.25. The van der Waals surface area contributed by atoms with Gasteiger partial charge in [-0.25, -0.2) is 14.1 Å². The van der Waals surface area contributed by atoms with Crippen molar-refractivity contribution in [2.75, 3.05) is 0 Å². The van der Waals surface area contributed by atoms with Gasteiger partial charge in [0.1, 0.15) is 11.3 Å². The van der Waals surface area contributed by atoms with Crippen LogP contribution in [-0.2, 0) is 0 Å². The molecule has 0 fully saturated rings. The quantitative estimate of drug-likeness (QED) is 0.615. The molecule has 0 saturated carbocycles. The minimum absolute atomic E-state index is 0.233. The van der Waals surface area contributed by atoms with Gasteiger partial charge in [-0.3, -0.25) is 4.79 Å². The van der Waals surface area contributed by atoms with Crippen LogP contribution in [0.15, 0.2) is 41.5 Å². The molecule has 3 aromatic heterocycles. The highest BCUT2D eigenvalue weighted by Crippen LogP contribution is 2.15. The van der Waals surface area contributed by atoms with Gasteiger partial charge in [-0.2, -0.15) is 0 Å². The van der Waals surface area contributed by atoms with E-state index in [0.717, 1.165) is 0 Å². The first-order chi connectivity index (χ1) is 8.68. The molecule has 18 heavy (non-hydrogen) atoms. The van der Waals surface area contributed by atoms with Gasteiger partial charge in [0, 0.05) is 35.0 Å². The van der Waals surface area contributed by atoms with Gasteiger partial charge >= 0.3 is 0 Å². The van der Waals surface area contributed by atoms with E-state index in [1.807, 2.05) is 28.7 Å². The van der Waals surface area contributed by atoms with Crippen molar-refractivity contribution in [2.24, 2.45) is 0 Å². The van der Waals surface area contributed by atoms with E-state index in [1.54, 1.807) is 30.6 Å². The Morgan fingerprint density at radius 1 is 1.28 bits per heavy atom. The van der Waals surface area contributed by atoms with Gasteiger partial charge in [0.2, 0.25) is 0 Å². The number of nitrogens with zero attached hydrogens (tertiary/aromatic N) is 4. The molecule has 0 spiro atoms. The topological polar surface area (TPSA) is 52.2 Å². The Kier molecular flexibility index (Phi) is 2.83. The molecule has 5 nitrogen and oxygen atoms in total. The van der Waals surface area contributed by atoms with E-state index in [2.05, 4.69) is 10.1 Å². The molecule has 90 valence electrons. The summed E-state index contributed by atoms with van der Waals surface area (Å²) in [7, 11) is 0. The number of pyridine rings is 1. The SMILES string of the molecule is O=c1c2c(Cl)ccn2nc(I)n1-c1ccccn1. The molecule has 0 aliphatic heterocycles. The van der Waals surface area contributed by atoms with E-state index in [9.17, 15) is 4.79 Å². The number of halogens is 2. The molecule has 0 aliphatic rings. The number of rotatable bonds is 1. The average Bonchev–Trinajstić information content (AvgIpc) is 2.72. The summed E-state index contributed by atoms with van der Waals surface area (Å²) in [5.74, 6) is 0.527. The summed E-state index contributed by atoms with van der Waals surface area (Å²) < 4.78 is 3.43. The zero-order valence-electron chi connectivity index (χ0n) is 8.92. The lowest BCUT2D eigenvalue weighted by Gasteiger charge is -2.07. The van der Waals surface area contributed by atoms with Crippen LogP contribution in [-0.4, -0.2) is 19.2 Å². The maximum absolute atomic E-state index is 12.4. The first-order valence-corrected chi connectivity index (χ1v) is 6.51. The molecule has 0 N–H and O–H groups in total. The molecule has 0 unspecified atom stereocenters. The Balaban J connectivity index is 2.43. The fourth-order valence-corrected chi connectivity index (χ4v) is 2.61. The van der Waals surface area contributed by atoms with Crippen LogP contribution in [0.5, 0.6) is 0 Å². The minimum atomic E-state index is -0.233. The van der Waals surface area contributed by atoms with Crippen molar-refractivity contribution in [3.05, 3.63) is 55.9 Å². The van der Waals surface area contributed by atoms with Crippen LogP contribution in [0.1, 0.15) is 0 Å². The molecule has 0 bridgehead atoms. The van der Waals surface area contributed by atoms with Gasteiger partial charge in [-0.1, -0.05) is 17.7 Å². The van der Waals surface area contributed by atoms with Gasteiger partial charge in [0.15, 0.2) is 3.83 Å². The Labute approximate surface area is 120 Å². The summed E-state index contributed by atoms with van der Waals surface area (Å²) in [6, 6.07) is 7.00. The highest BCUT2D eigenvalue weighted by Gasteiger charge is 2.14. The summed E-state index contributed by atoms with van der Waals surface area (Å²) >= 11 is 7.99. The van der Waals surface area contributed by atoms with Gasteiger partial charge in [0.25, 0.3) is 5.56 Å². The Morgan fingerprint density at radius 2 is 2.11 bits per heavy atom. The molecule has 0 amide bonds. The van der Waals surface area contributed by atoms with Crippen molar-refractivity contribution in [3.8, 4) is 5.82 Å². The summed E-state index contributed by atoms with van der Waals surface area (Å²) in [6.07, 6.45) is 3.28. The third-order valence-corrected chi connectivity index (χ3v) is 3.48. The van der Waals surface area contributed by atoms with Crippen molar-refractivity contribution in [1.29, 1.82) is 0 Å². The third-order valence-electron chi connectivity index (χ3n) is 2.48. The highest BCUT2D eigenvalue weighted by molar-refractivity contribution is 14.1. The monoisotopic (exact) mass is 372 g/mol. The maximum Gasteiger partial charge on any atom is 0.285 e. The summed E-state index contributed by atoms with van der Waals surface area (Å²) in [4.78, 5) is 16.6. The molecular formula is C11H6ClIN4O. The predicted octanol–water partition coefficient (Wildman–Crippen LogP) is 2.14. The Hall–Kier alpha value is -1.41. The molecule has 0 atom stereocenters. The lowest BCUT2D eigenvalue weighted by molar-refractivity contribution is 0.778. The van der Waals surface area contributed by atoms with E-state index in [1.165, 1.54) is 9.08 Å². The first-order valence-electron chi connectivity index (χ1n) is 5.05. The molecule has 7 heteroatoms. The number of hydrogen-bond donors (Lipinski definition) is 0. The first kappa shape index (κ1) is 11.7. The third kappa shape index (κ3) is 1.72. The largest absolute Gasteiger partial charge is 0.285 e. The van der Waals surface area contributed by atoms with Gasteiger partial charge in [-0.15, -0.1) is 5.10 Å². The van der Waals surface area contributed by atoms with E-state index >= 15 is 0 Å². The predicted molar refractivity (Wildman–Crippen MR) is 76.3 cm³/mol. The standard InChI is InChI=1S/C11H6ClIN4O/c12-7-4-6-16-9(7)10(18)17(11(13)15-16)8-3-1-2-5-14-8/h1-6H. The molecule has 3 heterocycles. The molecule has 3 rings (SSSR count). The van der Waals surface area contributed by atoms with Crippen molar-refractivity contribution in [2.45, 2.75) is 0 Å². The number of fused-ring (bicyclic) bond motifs is 1. The second-order valence-corrected chi connectivity index (χ2v) is 4.93. The molecule has 0 aliphatic carbocycles. The summed E-state index contributed by atoms with van der Waals surface area (Å²) in [5.41, 5.74) is 0.117. The van der Waals surface area contributed by atoms with Crippen molar-refractivity contribution in [1.82, 2.24) is 19.2 Å². The maximum atomic E-state index is 12.4. The van der Waals surface area contributed by atoms with Crippen molar-refractivity contribution >= 4 is 39.7 Å². The number of aromatic nitrogens is 4. The van der Waals surface area contributed by atoms with E-state index in [0.29, 0.717) is 20.2 Å². The van der Waals surface area contributed by atoms with Crippen LogP contribution < -0.4 is 5.56 Å². The van der Waals surface area contributed by atoms with Gasteiger partial charge < -0.3 is 0 Å². The van der Waals surface area contributed by atoms with Crippen molar-refractivity contribution in [3.63, 3.8) is 0 Å². The zero-order chi connectivity index (χ0) is 12.7. The smallest absolute Gasteiger partial charge is 0.266 e. The lowest BCUT2D eigenvalue weighted by atomic mass is 10.4. The Bertz CT molecular complexity index is 781. The van der Waals surface area contributed by atoms with Crippen LogP contribution in [0, 0.1) is 3.83 Å². The molecule has 0 radical (unpaired) electrons. The second-order valence-electron chi connectivity index (χ2n) is 3.55. The Morgan fingerprint density at radius 3 is 2.83 bits per heavy atom. The number of hydrogen-bond acceptors (Lipinski definition) is 3.